The number of carbonyl (C=O) groups excluding carboxylic acids is 1. The van der Waals surface area contributed by atoms with Crippen molar-refractivity contribution in [1.82, 2.24) is 4.31 Å². The third-order valence-electron chi connectivity index (χ3n) is 3.46. The van der Waals surface area contributed by atoms with Crippen LogP contribution in [0.4, 0.5) is 5.69 Å². The number of sulfonamides is 1. The minimum atomic E-state index is -3.70. The molecule has 0 saturated heterocycles. The van der Waals surface area contributed by atoms with Crippen molar-refractivity contribution in [2.24, 2.45) is 0 Å². The second-order valence-electron chi connectivity index (χ2n) is 5.07. The lowest BCUT2D eigenvalue weighted by Gasteiger charge is -2.19. The van der Waals surface area contributed by atoms with Gasteiger partial charge in [-0.25, -0.2) is 8.42 Å². The molecule has 134 valence electrons. The molecule has 0 aliphatic heterocycles. The Balaban J connectivity index is 2.22. The minimum absolute atomic E-state index is 0.0158. The van der Waals surface area contributed by atoms with Crippen LogP contribution < -0.4 is 5.32 Å². The highest BCUT2D eigenvalue weighted by atomic mass is 35.5. The van der Waals surface area contributed by atoms with Gasteiger partial charge in [0, 0.05) is 29.7 Å². The number of thiophene rings is 1. The van der Waals surface area contributed by atoms with Crippen LogP contribution in [0.3, 0.4) is 0 Å². The summed E-state index contributed by atoms with van der Waals surface area (Å²) in [6.45, 7) is 4.20. The number of amides is 1. The second kappa shape index (κ2) is 8.62. The molecule has 1 aromatic heterocycles. The van der Waals surface area contributed by atoms with Gasteiger partial charge < -0.3 is 5.32 Å². The maximum atomic E-state index is 12.7. The molecule has 8 heteroatoms. The van der Waals surface area contributed by atoms with E-state index in [-0.39, 0.29) is 15.8 Å². The van der Waals surface area contributed by atoms with Gasteiger partial charge in [0.15, 0.2) is 0 Å². The van der Waals surface area contributed by atoms with Gasteiger partial charge in [0.25, 0.3) is 0 Å². The minimum Gasteiger partial charge on any atom is -0.322 e. The van der Waals surface area contributed by atoms with Crippen LogP contribution in [0, 0.1) is 0 Å². The summed E-state index contributed by atoms with van der Waals surface area (Å²) in [7, 11) is -3.70. The topological polar surface area (TPSA) is 66.5 Å². The van der Waals surface area contributed by atoms with E-state index < -0.39 is 10.0 Å². The van der Waals surface area contributed by atoms with Gasteiger partial charge >= 0.3 is 0 Å². The summed E-state index contributed by atoms with van der Waals surface area (Å²) >= 11 is 7.59. The number of rotatable bonds is 7. The fourth-order valence-corrected chi connectivity index (χ4v) is 4.79. The predicted octanol–water partition coefficient (Wildman–Crippen LogP) is 4.08. The first kappa shape index (κ1) is 19.7. The van der Waals surface area contributed by atoms with Gasteiger partial charge in [0.1, 0.15) is 4.90 Å². The summed E-state index contributed by atoms with van der Waals surface area (Å²) in [5, 5.41) is 4.70. The van der Waals surface area contributed by atoms with Crippen LogP contribution in [0.5, 0.6) is 0 Å². The summed E-state index contributed by atoms with van der Waals surface area (Å²) in [6, 6.07) is 8.21. The first-order valence-corrected chi connectivity index (χ1v) is 10.4. The number of benzene rings is 1. The zero-order chi connectivity index (χ0) is 18.4. The second-order valence-corrected chi connectivity index (χ2v) is 8.37. The summed E-state index contributed by atoms with van der Waals surface area (Å²) in [6.07, 6.45) is 3.10. The Labute approximate surface area is 157 Å². The molecule has 1 aromatic carbocycles. The average molecular weight is 399 g/mol. The molecule has 1 heterocycles. The number of nitrogens with zero attached hydrogens (tertiary/aromatic N) is 1. The lowest BCUT2D eigenvalue weighted by Crippen LogP contribution is -2.30. The predicted molar refractivity (Wildman–Crippen MR) is 104 cm³/mol. The number of nitrogens with one attached hydrogen (secondary N) is 1. The molecule has 0 atom stereocenters. The van der Waals surface area contributed by atoms with Crippen LogP contribution in [0.1, 0.15) is 18.7 Å². The van der Waals surface area contributed by atoms with E-state index in [1.54, 1.807) is 26.0 Å². The van der Waals surface area contributed by atoms with E-state index in [9.17, 15) is 13.2 Å². The molecule has 0 aliphatic carbocycles. The Bertz CT molecular complexity index is 858. The molecule has 1 N–H and O–H groups in total. The highest BCUT2D eigenvalue weighted by Crippen LogP contribution is 2.27. The number of halogens is 1. The third kappa shape index (κ3) is 4.92. The van der Waals surface area contributed by atoms with E-state index in [1.807, 2.05) is 17.5 Å². The van der Waals surface area contributed by atoms with Crippen LogP contribution >= 0.6 is 22.9 Å². The zero-order valence-electron chi connectivity index (χ0n) is 13.9. The highest BCUT2D eigenvalue weighted by molar-refractivity contribution is 7.89. The molecule has 0 fully saturated rings. The van der Waals surface area contributed by atoms with Crippen molar-refractivity contribution >= 4 is 50.6 Å². The van der Waals surface area contributed by atoms with E-state index in [0.717, 1.165) is 4.88 Å². The van der Waals surface area contributed by atoms with Crippen molar-refractivity contribution in [3.63, 3.8) is 0 Å². The van der Waals surface area contributed by atoms with Crippen LogP contribution in [-0.2, 0) is 14.8 Å². The largest absolute Gasteiger partial charge is 0.322 e. The lowest BCUT2D eigenvalue weighted by molar-refractivity contribution is -0.111. The van der Waals surface area contributed by atoms with Crippen molar-refractivity contribution in [2.45, 2.75) is 18.7 Å². The van der Waals surface area contributed by atoms with Crippen LogP contribution in [-0.4, -0.2) is 31.7 Å². The molecule has 0 spiro atoms. The number of hydrogen-bond acceptors (Lipinski definition) is 4. The first-order valence-electron chi connectivity index (χ1n) is 7.70. The third-order valence-corrected chi connectivity index (χ3v) is 6.83. The molecule has 5 nitrogen and oxygen atoms in total. The van der Waals surface area contributed by atoms with Crippen molar-refractivity contribution in [3.8, 4) is 0 Å². The van der Waals surface area contributed by atoms with Gasteiger partial charge in [-0.15, -0.1) is 11.3 Å². The Hall–Kier alpha value is -1.67. The SMILES string of the molecule is CCN(CC)S(=O)(=O)c1cc(NC(=O)/C=C/c2cccs2)ccc1Cl. The summed E-state index contributed by atoms with van der Waals surface area (Å²) < 4.78 is 26.6. The van der Waals surface area contributed by atoms with Gasteiger partial charge in [-0.1, -0.05) is 31.5 Å². The van der Waals surface area contributed by atoms with Gasteiger partial charge in [0.2, 0.25) is 15.9 Å². The Morgan fingerprint density at radius 2 is 2.00 bits per heavy atom. The van der Waals surface area contributed by atoms with Crippen molar-refractivity contribution < 1.29 is 13.2 Å². The molecule has 0 radical (unpaired) electrons. The summed E-state index contributed by atoms with van der Waals surface area (Å²) in [5.74, 6) is -0.345. The Morgan fingerprint density at radius 3 is 2.60 bits per heavy atom. The Morgan fingerprint density at radius 1 is 1.28 bits per heavy atom. The lowest BCUT2D eigenvalue weighted by atomic mass is 10.3. The van der Waals surface area contributed by atoms with Crippen LogP contribution in [0.2, 0.25) is 5.02 Å². The van der Waals surface area contributed by atoms with Crippen molar-refractivity contribution in [3.05, 3.63) is 51.7 Å². The molecule has 2 aromatic rings. The molecule has 0 bridgehead atoms. The van der Waals surface area contributed by atoms with Crippen molar-refractivity contribution in [1.29, 1.82) is 0 Å². The van der Waals surface area contributed by atoms with E-state index in [4.69, 9.17) is 11.6 Å². The molecule has 0 saturated carbocycles. The molecule has 2 rings (SSSR count). The highest BCUT2D eigenvalue weighted by Gasteiger charge is 2.24. The molecule has 0 aliphatic rings. The molecular formula is C17H19ClN2O3S2. The molecule has 25 heavy (non-hydrogen) atoms. The van der Waals surface area contributed by atoms with E-state index in [1.165, 1.54) is 33.9 Å². The standard InChI is InChI=1S/C17H19ClN2O3S2/c1-3-20(4-2)25(22,23)16-12-13(7-9-15(16)18)19-17(21)10-8-14-6-5-11-24-14/h5-12H,3-4H2,1-2H3,(H,19,21)/b10-8+. The summed E-state index contributed by atoms with van der Waals surface area (Å²) in [5.41, 5.74) is 0.371. The smallest absolute Gasteiger partial charge is 0.248 e. The zero-order valence-corrected chi connectivity index (χ0v) is 16.3. The normalized spacial score (nSPS) is 12.0. The summed E-state index contributed by atoms with van der Waals surface area (Å²) in [4.78, 5) is 13.0. The monoisotopic (exact) mass is 398 g/mol. The average Bonchev–Trinajstić information content (AvgIpc) is 3.09. The van der Waals surface area contributed by atoms with E-state index >= 15 is 0 Å². The quantitative estimate of drug-likeness (QED) is 0.714. The fourth-order valence-electron chi connectivity index (χ4n) is 2.21. The van der Waals surface area contributed by atoms with E-state index in [2.05, 4.69) is 5.32 Å². The van der Waals surface area contributed by atoms with Gasteiger partial charge in [-0.3, -0.25) is 4.79 Å². The number of anilines is 1. The van der Waals surface area contributed by atoms with Crippen LogP contribution in [0.25, 0.3) is 6.08 Å². The maximum absolute atomic E-state index is 12.7. The first-order chi connectivity index (χ1) is 11.9. The fraction of sp³-hybridized carbons (Fsp3) is 0.235. The number of hydrogen-bond donors (Lipinski definition) is 1. The van der Waals surface area contributed by atoms with Gasteiger partial charge in [-0.05, 0) is 35.7 Å². The van der Waals surface area contributed by atoms with Crippen molar-refractivity contribution in [2.75, 3.05) is 18.4 Å². The molecular weight excluding hydrogens is 380 g/mol. The molecule has 1 amide bonds. The van der Waals surface area contributed by atoms with E-state index in [0.29, 0.717) is 18.8 Å². The van der Waals surface area contributed by atoms with Gasteiger partial charge in [0.05, 0.1) is 5.02 Å². The maximum Gasteiger partial charge on any atom is 0.248 e. The van der Waals surface area contributed by atoms with Crippen LogP contribution in [0.15, 0.2) is 46.7 Å². The molecule has 0 unspecified atom stereocenters. The van der Waals surface area contributed by atoms with Gasteiger partial charge in [-0.2, -0.15) is 4.31 Å². The number of carbonyl (C=O) groups is 1. The Kier molecular flexibility index (Phi) is 6.78.